The van der Waals surface area contributed by atoms with Crippen molar-refractivity contribution in [2.45, 2.75) is 0 Å². The van der Waals surface area contributed by atoms with E-state index in [2.05, 4.69) is 0 Å². The number of anilines is 1. The standard InChI is InChI=1S/C22H14N2O8/c25-20(26)12-31-15-5-1-13(2-6-15)23-21(27)18-10-9-17(11-19(18)22(23)28)32-16-7-3-14(4-8-16)24(29)30/h1-11H,12H2,(H,25,26). The third-order valence-corrected chi connectivity index (χ3v) is 4.60. The Balaban J connectivity index is 1.53. The summed E-state index contributed by atoms with van der Waals surface area (Å²) in [4.78, 5) is 47.5. The molecule has 0 unspecified atom stereocenters. The van der Waals surface area contributed by atoms with E-state index in [9.17, 15) is 24.5 Å². The van der Waals surface area contributed by atoms with Gasteiger partial charge in [-0.15, -0.1) is 0 Å². The molecular formula is C22H14N2O8. The summed E-state index contributed by atoms with van der Waals surface area (Å²) in [6.45, 7) is -0.510. The fourth-order valence-electron chi connectivity index (χ4n) is 3.13. The van der Waals surface area contributed by atoms with Gasteiger partial charge >= 0.3 is 5.97 Å². The molecule has 1 N–H and O–H groups in total. The van der Waals surface area contributed by atoms with E-state index in [0.717, 1.165) is 4.90 Å². The number of fused-ring (bicyclic) bond motifs is 1. The number of carboxylic acids is 1. The summed E-state index contributed by atoms with van der Waals surface area (Å²) in [6, 6.07) is 15.8. The Kier molecular flexibility index (Phi) is 5.25. The first-order chi connectivity index (χ1) is 15.3. The quantitative estimate of drug-likeness (QED) is 0.338. The molecule has 1 heterocycles. The first-order valence-electron chi connectivity index (χ1n) is 9.23. The third-order valence-electron chi connectivity index (χ3n) is 4.60. The molecular weight excluding hydrogens is 420 g/mol. The lowest BCUT2D eigenvalue weighted by Crippen LogP contribution is -2.29. The number of nitro benzene ring substituents is 1. The highest BCUT2D eigenvalue weighted by Crippen LogP contribution is 2.33. The lowest BCUT2D eigenvalue weighted by atomic mass is 10.1. The summed E-state index contributed by atoms with van der Waals surface area (Å²) in [7, 11) is 0. The second-order valence-electron chi connectivity index (χ2n) is 6.68. The molecule has 10 heteroatoms. The summed E-state index contributed by atoms with van der Waals surface area (Å²) in [5, 5.41) is 19.4. The van der Waals surface area contributed by atoms with Crippen LogP contribution in [0.2, 0.25) is 0 Å². The van der Waals surface area contributed by atoms with E-state index in [4.69, 9.17) is 14.6 Å². The van der Waals surface area contributed by atoms with Crippen LogP contribution in [0.25, 0.3) is 0 Å². The molecule has 0 aromatic heterocycles. The third kappa shape index (κ3) is 3.97. The van der Waals surface area contributed by atoms with Gasteiger partial charge in [-0.1, -0.05) is 0 Å². The Morgan fingerprint density at radius 3 is 2.09 bits per heavy atom. The average Bonchev–Trinajstić information content (AvgIpc) is 3.02. The Labute approximate surface area is 180 Å². The molecule has 0 fully saturated rings. The summed E-state index contributed by atoms with van der Waals surface area (Å²) in [5.41, 5.74) is 0.580. The van der Waals surface area contributed by atoms with Crippen LogP contribution in [0.15, 0.2) is 66.7 Å². The van der Waals surface area contributed by atoms with Crippen molar-refractivity contribution in [1.29, 1.82) is 0 Å². The second kappa shape index (κ2) is 8.19. The first-order valence-corrected chi connectivity index (χ1v) is 9.23. The fraction of sp³-hybridized carbons (Fsp3) is 0.0455. The molecule has 2 amide bonds. The number of ether oxygens (including phenoxy) is 2. The predicted molar refractivity (Wildman–Crippen MR) is 110 cm³/mol. The van der Waals surface area contributed by atoms with E-state index in [0.29, 0.717) is 11.4 Å². The largest absolute Gasteiger partial charge is 0.482 e. The number of carbonyl (C=O) groups is 3. The van der Waals surface area contributed by atoms with Crippen LogP contribution in [0.1, 0.15) is 20.7 Å². The van der Waals surface area contributed by atoms with Gasteiger partial charge in [-0.3, -0.25) is 19.7 Å². The van der Waals surface area contributed by atoms with Gasteiger partial charge in [0.1, 0.15) is 17.2 Å². The number of benzene rings is 3. The zero-order chi connectivity index (χ0) is 22.8. The minimum Gasteiger partial charge on any atom is -0.482 e. The molecule has 0 radical (unpaired) electrons. The molecule has 4 rings (SSSR count). The second-order valence-corrected chi connectivity index (χ2v) is 6.68. The number of nitro groups is 1. The van der Waals surface area contributed by atoms with Crippen LogP contribution in [-0.2, 0) is 4.79 Å². The Bertz CT molecular complexity index is 1240. The number of carboxylic acid groups (broad SMARTS) is 1. The molecule has 160 valence electrons. The normalized spacial score (nSPS) is 12.4. The molecule has 0 aliphatic carbocycles. The number of nitrogens with zero attached hydrogens (tertiary/aromatic N) is 2. The molecule has 1 aliphatic rings. The lowest BCUT2D eigenvalue weighted by Gasteiger charge is -2.14. The van der Waals surface area contributed by atoms with Crippen molar-refractivity contribution < 1.29 is 33.9 Å². The highest BCUT2D eigenvalue weighted by atomic mass is 16.6. The number of non-ortho nitro benzene ring substituents is 1. The summed E-state index contributed by atoms with van der Waals surface area (Å²) < 4.78 is 10.7. The molecule has 0 saturated carbocycles. The topological polar surface area (TPSA) is 136 Å². The monoisotopic (exact) mass is 434 g/mol. The lowest BCUT2D eigenvalue weighted by molar-refractivity contribution is -0.384. The molecule has 32 heavy (non-hydrogen) atoms. The van der Waals surface area contributed by atoms with Crippen LogP contribution in [0, 0.1) is 10.1 Å². The molecule has 10 nitrogen and oxygen atoms in total. The maximum Gasteiger partial charge on any atom is 0.341 e. The maximum absolute atomic E-state index is 12.9. The van der Waals surface area contributed by atoms with Crippen molar-refractivity contribution in [3.8, 4) is 17.2 Å². The molecule has 0 spiro atoms. The molecule has 3 aromatic carbocycles. The van der Waals surface area contributed by atoms with Crippen LogP contribution in [-0.4, -0.2) is 34.4 Å². The number of imide groups is 1. The molecule has 0 atom stereocenters. The van der Waals surface area contributed by atoms with Crippen LogP contribution in [0.3, 0.4) is 0 Å². The van der Waals surface area contributed by atoms with Crippen molar-refractivity contribution in [3.63, 3.8) is 0 Å². The molecule has 3 aromatic rings. The fourth-order valence-corrected chi connectivity index (χ4v) is 3.13. The van der Waals surface area contributed by atoms with E-state index < -0.39 is 29.3 Å². The van der Waals surface area contributed by atoms with Crippen molar-refractivity contribution in [2.75, 3.05) is 11.5 Å². The zero-order valence-electron chi connectivity index (χ0n) is 16.3. The van der Waals surface area contributed by atoms with Gasteiger partial charge in [-0.05, 0) is 54.6 Å². The number of rotatable bonds is 7. The molecule has 0 bridgehead atoms. The van der Waals surface area contributed by atoms with Gasteiger partial charge in [0.2, 0.25) is 0 Å². The molecule has 0 saturated heterocycles. The maximum atomic E-state index is 12.9. The van der Waals surface area contributed by atoms with Crippen molar-refractivity contribution in [3.05, 3.63) is 88.0 Å². The summed E-state index contributed by atoms with van der Waals surface area (Å²) in [5.74, 6) is -1.27. The minimum absolute atomic E-state index is 0.0814. The summed E-state index contributed by atoms with van der Waals surface area (Å²) >= 11 is 0. The SMILES string of the molecule is O=C(O)COc1ccc(N2C(=O)c3ccc(Oc4ccc([N+](=O)[O-])cc4)cc3C2=O)cc1. The van der Waals surface area contributed by atoms with Crippen LogP contribution < -0.4 is 14.4 Å². The van der Waals surface area contributed by atoms with Crippen molar-refractivity contribution in [1.82, 2.24) is 0 Å². The van der Waals surface area contributed by atoms with Gasteiger partial charge in [-0.2, -0.15) is 0 Å². The van der Waals surface area contributed by atoms with Gasteiger partial charge in [-0.25, -0.2) is 9.69 Å². The van der Waals surface area contributed by atoms with Crippen molar-refractivity contribution in [2.24, 2.45) is 0 Å². The minimum atomic E-state index is -1.12. The Morgan fingerprint density at radius 2 is 1.47 bits per heavy atom. The zero-order valence-corrected chi connectivity index (χ0v) is 16.3. The molecule has 1 aliphatic heterocycles. The number of hydrogen-bond acceptors (Lipinski definition) is 7. The highest BCUT2D eigenvalue weighted by molar-refractivity contribution is 6.34. The highest BCUT2D eigenvalue weighted by Gasteiger charge is 2.37. The van der Waals surface area contributed by atoms with E-state index in [1.807, 2.05) is 0 Å². The number of hydrogen-bond donors (Lipinski definition) is 1. The number of amides is 2. The van der Waals surface area contributed by atoms with E-state index in [1.54, 1.807) is 0 Å². The van der Waals surface area contributed by atoms with Crippen LogP contribution in [0.4, 0.5) is 11.4 Å². The number of aliphatic carboxylic acids is 1. The van der Waals surface area contributed by atoms with E-state index in [-0.39, 0.29) is 28.3 Å². The van der Waals surface area contributed by atoms with Gasteiger partial charge < -0.3 is 14.6 Å². The van der Waals surface area contributed by atoms with Gasteiger partial charge in [0.05, 0.1) is 21.7 Å². The van der Waals surface area contributed by atoms with Crippen LogP contribution >= 0.6 is 0 Å². The predicted octanol–water partition coefficient (Wildman–Crippen LogP) is 3.65. The smallest absolute Gasteiger partial charge is 0.341 e. The van der Waals surface area contributed by atoms with Gasteiger partial charge in [0, 0.05) is 12.1 Å². The van der Waals surface area contributed by atoms with Gasteiger partial charge in [0.25, 0.3) is 17.5 Å². The van der Waals surface area contributed by atoms with E-state index >= 15 is 0 Å². The van der Waals surface area contributed by atoms with Crippen molar-refractivity contribution >= 4 is 29.2 Å². The number of carbonyl (C=O) groups excluding carboxylic acids is 2. The Hall–Kier alpha value is -4.73. The van der Waals surface area contributed by atoms with Gasteiger partial charge in [0.15, 0.2) is 6.61 Å². The van der Waals surface area contributed by atoms with Crippen LogP contribution in [0.5, 0.6) is 17.2 Å². The average molecular weight is 434 g/mol. The Morgan fingerprint density at radius 1 is 0.875 bits per heavy atom. The first kappa shape index (κ1) is 20.5. The summed E-state index contributed by atoms with van der Waals surface area (Å²) in [6.07, 6.45) is 0. The van der Waals surface area contributed by atoms with E-state index in [1.165, 1.54) is 66.7 Å².